The standard InChI is InChI=1S/C14H21N3O2S/c1-6-13(19)17(7-2)14-15-12(9-20-14)11(10(3)18)8-16(4)5/h8-9H,6-7H2,1-5H3. The number of hydrogen-bond donors (Lipinski definition) is 0. The van der Waals surface area contributed by atoms with Gasteiger partial charge in [0.15, 0.2) is 10.9 Å². The van der Waals surface area contributed by atoms with Crippen molar-refractivity contribution in [3.63, 3.8) is 0 Å². The van der Waals surface area contributed by atoms with E-state index in [9.17, 15) is 9.59 Å². The van der Waals surface area contributed by atoms with Gasteiger partial charge in [-0.25, -0.2) is 4.98 Å². The highest BCUT2D eigenvalue weighted by Gasteiger charge is 2.18. The van der Waals surface area contributed by atoms with E-state index >= 15 is 0 Å². The number of carbonyl (C=O) groups excluding carboxylic acids is 2. The lowest BCUT2D eigenvalue weighted by atomic mass is 10.1. The zero-order valence-corrected chi connectivity index (χ0v) is 13.5. The zero-order valence-electron chi connectivity index (χ0n) is 12.6. The molecule has 0 saturated carbocycles. The van der Waals surface area contributed by atoms with Crippen LogP contribution in [0.4, 0.5) is 5.13 Å². The topological polar surface area (TPSA) is 53.5 Å². The lowest BCUT2D eigenvalue weighted by Gasteiger charge is -2.16. The van der Waals surface area contributed by atoms with Crippen LogP contribution in [0.1, 0.15) is 32.9 Å². The maximum atomic E-state index is 11.8. The van der Waals surface area contributed by atoms with Gasteiger partial charge in [-0.15, -0.1) is 11.3 Å². The third kappa shape index (κ3) is 3.90. The Bertz CT molecular complexity index is 520. The average Bonchev–Trinajstić information content (AvgIpc) is 2.85. The van der Waals surface area contributed by atoms with Gasteiger partial charge in [0, 0.05) is 38.6 Å². The SMILES string of the molecule is CCC(=O)N(CC)c1nc(C(=CN(C)C)C(C)=O)cs1. The highest BCUT2D eigenvalue weighted by molar-refractivity contribution is 7.14. The third-order valence-corrected chi connectivity index (χ3v) is 3.55. The molecule has 0 aliphatic heterocycles. The molecule has 1 heterocycles. The third-order valence-electron chi connectivity index (χ3n) is 2.69. The molecule has 0 saturated heterocycles. The maximum Gasteiger partial charge on any atom is 0.228 e. The van der Waals surface area contributed by atoms with Crippen LogP contribution in [0.25, 0.3) is 5.57 Å². The minimum atomic E-state index is -0.0413. The largest absolute Gasteiger partial charge is 0.383 e. The van der Waals surface area contributed by atoms with E-state index in [1.54, 1.807) is 11.1 Å². The molecule has 1 aromatic rings. The van der Waals surface area contributed by atoms with Crippen LogP contribution in [0, 0.1) is 0 Å². The monoisotopic (exact) mass is 295 g/mol. The lowest BCUT2D eigenvalue weighted by molar-refractivity contribution is -0.118. The minimum Gasteiger partial charge on any atom is -0.383 e. The molecule has 0 aromatic carbocycles. The quantitative estimate of drug-likeness (QED) is 0.756. The fraction of sp³-hybridized carbons (Fsp3) is 0.500. The van der Waals surface area contributed by atoms with Crippen molar-refractivity contribution in [3.8, 4) is 0 Å². The molecule has 0 fully saturated rings. The number of allylic oxidation sites excluding steroid dienone is 1. The van der Waals surface area contributed by atoms with Gasteiger partial charge in [-0.1, -0.05) is 6.92 Å². The van der Waals surface area contributed by atoms with Crippen LogP contribution < -0.4 is 4.90 Å². The van der Waals surface area contributed by atoms with E-state index in [4.69, 9.17) is 0 Å². The molecule has 0 bridgehead atoms. The molecule has 0 radical (unpaired) electrons. The summed E-state index contributed by atoms with van der Waals surface area (Å²) in [5.74, 6) is -0.00483. The van der Waals surface area contributed by atoms with E-state index in [2.05, 4.69) is 4.98 Å². The van der Waals surface area contributed by atoms with Gasteiger partial charge in [-0.3, -0.25) is 14.5 Å². The van der Waals surface area contributed by atoms with Gasteiger partial charge < -0.3 is 4.90 Å². The van der Waals surface area contributed by atoms with Crippen molar-refractivity contribution >= 4 is 33.7 Å². The molecule has 6 heteroatoms. The number of rotatable bonds is 6. The first-order valence-electron chi connectivity index (χ1n) is 6.56. The first-order valence-corrected chi connectivity index (χ1v) is 7.44. The molecule has 110 valence electrons. The highest BCUT2D eigenvalue weighted by atomic mass is 32.1. The molecule has 5 nitrogen and oxygen atoms in total. The Hall–Kier alpha value is -1.69. The normalized spacial score (nSPS) is 11.3. The van der Waals surface area contributed by atoms with Crippen LogP contribution in [0.15, 0.2) is 11.6 Å². The smallest absolute Gasteiger partial charge is 0.228 e. The molecule has 0 aliphatic carbocycles. The summed E-state index contributed by atoms with van der Waals surface area (Å²) in [7, 11) is 3.71. The van der Waals surface area contributed by atoms with Crippen molar-refractivity contribution in [2.24, 2.45) is 0 Å². The van der Waals surface area contributed by atoms with E-state index in [1.165, 1.54) is 18.3 Å². The molecule has 1 aromatic heterocycles. The van der Waals surface area contributed by atoms with Gasteiger partial charge in [0.2, 0.25) is 5.91 Å². The number of Topliss-reactive ketones (excluding diaryl/α,β-unsaturated/α-hetero) is 1. The van der Waals surface area contributed by atoms with E-state index in [-0.39, 0.29) is 11.7 Å². The van der Waals surface area contributed by atoms with Crippen molar-refractivity contribution in [1.82, 2.24) is 9.88 Å². The molecule has 0 spiro atoms. The number of thiazole rings is 1. The van der Waals surface area contributed by atoms with Crippen molar-refractivity contribution in [3.05, 3.63) is 17.3 Å². The van der Waals surface area contributed by atoms with E-state index in [0.717, 1.165) is 0 Å². The number of ketones is 1. The van der Waals surface area contributed by atoms with Gasteiger partial charge in [0.1, 0.15) is 0 Å². The Morgan fingerprint density at radius 1 is 1.35 bits per heavy atom. The lowest BCUT2D eigenvalue weighted by Crippen LogP contribution is -2.29. The summed E-state index contributed by atoms with van der Waals surface area (Å²) in [6.07, 6.45) is 2.19. The minimum absolute atomic E-state index is 0.0364. The molecule has 1 rings (SSSR count). The molecule has 0 atom stereocenters. The Morgan fingerprint density at radius 3 is 2.45 bits per heavy atom. The van der Waals surface area contributed by atoms with Gasteiger partial charge in [-0.2, -0.15) is 0 Å². The maximum absolute atomic E-state index is 11.8. The van der Waals surface area contributed by atoms with Crippen LogP contribution in [0.3, 0.4) is 0 Å². The second kappa shape index (κ2) is 7.19. The Morgan fingerprint density at radius 2 is 2.00 bits per heavy atom. The summed E-state index contributed by atoms with van der Waals surface area (Å²) in [4.78, 5) is 31.4. The second-order valence-corrected chi connectivity index (χ2v) is 5.41. The summed E-state index contributed by atoms with van der Waals surface area (Å²) >= 11 is 1.38. The van der Waals surface area contributed by atoms with Crippen LogP contribution in [-0.2, 0) is 9.59 Å². The fourth-order valence-corrected chi connectivity index (χ4v) is 2.62. The summed E-state index contributed by atoms with van der Waals surface area (Å²) < 4.78 is 0. The first-order chi connectivity index (χ1) is 9.40. The Labute approximate surface area is 123 Å². The predicted molar refractivity (Wildman–Crippen MR) is 82.8 cm³/mol. The average molecular weight is 295 g/mol. The van der Waals surface area contributed by atoms with Gasteiger partial charge in [0.25, 0.3) is 0 Å². The van der Waals surface area contributed by atoms with Gasteiger partial charge >= 0.3 is 0 Å². The van der Waals surface area contributed by atoms with Gasteiger partial charge in [0.05, 0.1) is 11.3 Å². The first kappa shape index (κ1) is 16.4. The molecule has 0 aliphatic rings. The molecular weight excluding hydrogens is 274 g/mol. The molecule has 0 N–H and O–H groups in total. The van der Waals surface area contributed by atoms with Crippen LogP contribution in [-0.4, -0.2) is 42.2 Å². The molecular formula is C14H21N3O2S. The van der Waals surface area contributed by atoms with Crippen molar-refractivity contribution < 1.29 is 9.59 Å². The Kier molecular flexibility index (Phi) is 5.88. The molecule has 1 amide bonds. The number of hydrogen-bond acceptors (Lipinski definition) is 5. The number of aromatic nitrogens is 1. The van der Waals surface area contributed by atoms with Crippen molar-refractivity contribution in [2.45, 2.75) is 27.2 Å². The Balaban J connectivity index is 3.12. The number of amides is 1. The van der Waals surface area contributed by atoms with E-state index in [0.29, 0.717) is 29.4 Å². The summed E-state index contributed by atoms with van der Waals surface area (Å²) in [5, 5.41) is 2.46. The van der Waals surface area contributed by atoms with E-state index in [1.807, 2.05) is 38.2 Å². The van der Waals surface area contributed by atoms with Crippen LogP contribution in [0.5, 0.6) is 0 Å². The molecule has 0 unspecified atom stereocenters. The van der Waals surface area contributed by atoms with E-state index < -0.39 is 0 Å². The number of nitrogens with zero attached hydrogens (tertiary/aromatic N) is 3. The predicted octanol–water partition coefficient (Wildman–Crippen LogP) is 2.40. The second-order valence-electron chi connectivity index (χ2n) is 4.57. The van der Waals surface area contributed by atoms with Crippen molar-refractivity contribution in [1.29, 1.82) is 0 Å². The highest BCUT2D eigenvalue weighted by Crippen LogP contribution is 2.26. The number of anilines is 1. The van der Waals surface area contributed by atoms with Crippen LogP contribution >= 0.6 is 11.3 Å². The van der Waals surface area contributed by atoms with Crippen LogP contribution in [0.2, 0.25) is 0 Å². The summed E-state index contributed by atoms with van der Waals surface area (Å²) in [6, 6.07) is 0. The van der Waals surface area contributed by atoms with Gasteiger partial charge in [-0.05, 0) is 13.8 Å². The molecule has 20 heavy (non-hydrogen) atoms. The fourth-order valence-electron chi connectivity index (χ4n) is 1.72. The zero-order chi connectivity index (χ0) is 15.3. The number of carbonyl (C=O) groups is 2. The van der Waals surface area contributed by atoms with Crippen molar-refractivity contribution in [2.75, 3.05) is 25.5 Å². The summed E-state index contributed by atoms with van der Waals surface area (Å²) in [6.45, 7) is 5.83. The summed E-state index contributed by atoms with van der Waals surface area (Å²) in [5.41, 5.74) is 1.17.